The van der Waals surface area contributed by atoms with E-state index in [9.17, 15) is 17.6 Å². The van der Waals surface area contributed by atoms with E-state index < -0.39 is 28.3 Å². The summed E-state index contributed by atoms with van der Waals surface area (Å²) in [6, 6.07) is 8.80. The van der Waals surface area contributed by atoms with Crippen molar-refractivity contribution in [3.63, 3.8) is 0 Å². The van der Waals surface area contributed by atoms with Crippen molar-refractivity contribution < 1.29 is 17.6 Å². The summed E-state index contributed by atoms with van der Waals surface area (Å²) in [4.78, 5) is 12.5. The molecule has 1 aromatic heterocycles. The molecule has 1 aromatic carbocycles. The molecule has 21 heavy (non-hydrogen) atoms. The zero-order valence-electron chi connectivity index (χ0n) is 11.1. The molecule has 112 valence electrons. The molecule has 0 aliphatic rings. The fraction of sp³-hybridized carbons (Fsp3) is 0.154. The van der Waals surface area contributed by atoms with Crippen molar-refractivity contribution in [1.29, 1.82) is 0 Å². The van der Waals surface area contributed by atoms with E-state index in [0.717, 1.165) is 16.2 Å². The summed E-state index contributed by atoms with van der Waals surface area (Å²) in [5.41, 5.74) is 0.00802. The number of thiophene rings is 1. The van der Waals surface area contributed by atoms with Gasteiger partial charge in [0, 0.05) is 4.88 Å². The smallest absolute Gasteiger partial charge is 0.250 e. The molecule has 1 amide bonds. The van der Waals surface area contributed by atoms with Gasteiger partial charge in [-0.05, 0) is 31.2 Å². The number of amides is 1. The van der Waals surface area contributed by atoms with Gasteiger partial charge < -0.3 is 5.32 Å². The molecule has 0 unspecified atom stereocenters. The molecule has 8 heteroatoms. The number of carbonyl (C=O) groups excluding carboxylic acids is 1. The van der Waals surface area contributed by atoms with Gasteiger partial charge in [-0.25, -0.2) is 17.5 Å². The molecule has 0 radical (unpaired) electrons. The highest BCUT2D eigenvalue weighted by Gasteiger charge is 2.17. The predicted octanol–water partition coefficient (Wildman–Crippen LogP) is 2.11. The minimum atomic E-state index is -3.72. The lowest BCUT2D eigenvalue weighted by Crippen LogP contribution is -2.32. The van der Waals surface area contributed by atoms with Crippen molar-refractivity contribution in [3.05, 3.63) is 47.1 Å². The third kappa shape index (κ3) is 4.10. The Morgan fingerprint density at radius 1 is 1.24 bits per heavy atom. The Balaban J connectivity index is 1.97. The number of aryl methyl sites for hydroxylation is 1. The average Bonchev–Trinajstić information content (AvgIpc) is 2.87. The molecule has 2 N–H and O–H groups in total. The molecule has 0 saturated heterocycles. The molecule has 0 aliphatic carbocycles. The maximum Gasteiger partial charge on any atom is 0.250 e. The van der Waals surface area contributed by atoms with Gasteiger partial charge in [0.15, 0.2) is 0 Å². The predicted molar refractivity (Wildman–Crippen MR) is 79.3 cm³/mol. The van der Waals surface area contributed by atoms with Crippen LogP contribution in [0, 0.1) is 12.7 Å². The van der Waals surface area contributed by atoms with Crippen LogP contribution in [0.3, 0.4) is 0 Å². The van der Waals surface area contributed by atoms with E-state index in [2.05, 4.69) is 10.0 Å². The summed E-state index contributed by atoms with van der Waals surface area (Å²) in [5.74, 6) is -1.22. The molecule has 1 heterocycles. The number of hydrogen-bond donors (Lipinski definition) is 2. The van der Waals surface area contributed by atoms with Crippen LogP contribution in [0.5, 0.6) is 0 Å². The van der Waals surface area contributed by atoms with Gasteiger partial charge in [0.05, 0.1) is 12.2 Å². The summed E-state index contributed by atoms with van der Waals surface area (Å²) in [6.07, 6.45) is 0. The first-order valence-electron chi connectivity index (χ1n) is 5.99. The Labute approximate surface area is 125 Å². The van der Waals surface area contributed by atoms with Crippen LogP contribution in [-0.2, 0) is 14.8 Å². The Bertz CT molecular complexity index is 756. The van der Waals surface area contributed by atoms with Gasteiger partial charge >= 0.3 is 0 Å². The molecular formula is C13H13FN2O3S2. The average molecular weight is 328 g/mol. The van der Waals surface area contributed by atoms with Crippen LogP contribution in [0.4, 0.5) is 10.1 Å². The first-order valence-corrected chi connectivity index (χ1v) is 8.29. The van der Waals surface area contributed by atoms with E-state index in [4.69, 9.17) is 0 Å². The van der Waals surface area contributed by atoms with Crippen molar-refractivity contribution in [2.24, 2.45) is 0 Å². The van der Waals surface area contributed by atoms with Crippen LogP contribution in [0.2, 0.25) is 0 Å². The molecule has 5 nitrogen and oxygen atoms in total. The number of rotatable bonds is 5. The Morgan fingerprint density at radius 3 is 2.57 bits per heavy atom. The van der Waals surface area contributed by atoms with Gasteiger partial charge in [-0.3, -0.25) is 4.79 Å². The van der Waals surface area contributed by atoms with Gasteiger partial charge in [0.2, 0.25) is 5.91 Å². The number of para-hydroxylation sites is 1. The van der Waals surface area contributed by atoms with E-state index in [0.29, 0.717) is 0 Å². The van der Waals surface area contributed by atoms with Gasteiger partial charge in [0.25, 0.3) is 10.0 Å². The molecule has 2 rings (SSSR count). The van der Waals surface area contributed by atoms with Crippen molar-refractivity contribution in [2.45, 2.75) is 11.1 Å². The van der Waals surface area contributed by atoms with Crippen molar-refractivity contribution in [1.82, 2.24) is 4.72 Å². The number of carbonyl (C=O) groups is 1. The lowest BCUT2D eigenvalue weighted by Gasteiger charge is -2.07. The topological polar surface area (TPSA) is 75.3 Å². The molecule has 2 aromatic rings. The van der Waals surface area contributed by atoms with Crippen molar-refractivity contribution in [3.8, 4) is 0 Å². The Hall–Kier alpha value is -1.77. The van der Waals surface area contributed by atoms with Crippen LogP contribution in [-0.4, -0.2) is 20.9 Å². The van der Waals surface area contributed by atoms with Crippen LogP contribution in [0.25, 0.3) is 0 Å². The van der Waals surface area contributed by atoms with E-state index in [1.54, 1.807) is 19.1 Å². The SMILES string of the molecule is Cc1ccc(S(=O)(=O)NCC(=O)Nc2ccccc2F)s1. The van der Waals surface area contributed by atoms with Crippen molar-refractivity contribution >= 4 is 33.0 Å². The molecule has 0 fully saturated rings. The molecular weight excluding hydrogens is 315 g/mol. The van der Waals surface area contributed by atoms with Crippen LogP contribution in [0.1, 0.15) is 4.88 Å². The maximum atomic E-state index is 13.3. The molecule has 0 saturated carbocycles. The normalized spacial score (nSPS) is 11.3. The highest BCUT2D eigenvalue weighted by atomic mass is 32.2. The minimum Gasteiger partial charge on any atom is -0.322 e. The maximum absolute atomic E-state index is 13.3. The molecule has 0 atom stereocenters. The number of nitrogens with one attached hydrogen (secondary N) is 2. The van der Waals surface area contributed by atoms with E-state index in [1.807, 2.05) is 0 Å². The zero-order chi connectivity index (χ0) is 15.5. The summed E-state index contributed by atoms with van der Waals surface area (Å²) in [7, 11) is -3.72. The first kappa shape index (κ1) is 15.6. The third-order valence-electron chi connectivity index (χ3n) is 2.55. The molecule has 0 spiro atoms. The van der Waals surface area contributed by atoms with Crippen LogP contribution < -0.4 is 10.0 Å². The molecule has 0 aliphatic heterocycles. The summed E-state index contributed by atoms with van der Waals surface area (Å²) >= 11 is 1.11. The van der Waals surface area contributed by atoms with Crippen molar-refractivity contribution in [2.75, 3.05) is 11.9 Å². The number of hydrogen-bond acceptors (Lipinski definition) is 4. The quantitative estimate of drug-likeness (QED) is 0.883. The summed E-state index contributed by atoms with van der Waals surface area (Å²) in [5, 5.41) is 2.30. The Kier molecular flexibility index (Phi) is 4.71. The van der Waals surface area contributed by atoms with E-state index in [1.165, 1.54) is 24.3 Å². The first-order chi connectivity index (χ1) is 9.88. The summed E-state index contributed by atoms with van der Waals surface area (Å²) < 4.78 is 39.5. The van der Waals surface area contributed by atoms with Gasteiger partial charge in [-0.2, -0.15) is 0 Å². The fourth-order valence-corrected chi connectivity index (χ4v) is 3.86. The second-order valence-corrected chi connectivity index (χ2v) is 7.50. The zero-order valence-corrected chi connectivity index (χ0v) is 12.7. The van der Waals surface area contributed by atoms with Gasteiger partial charge in [-0.1, -0.05) is 12.1 Å². The van der Waals surface area contributed by atoms with E-state index in [-0.39, 0.29) is 9.90 Å². The number of sulfonamides is 1. The van der Waals surface area contributed by atoms with Crippen LogP contribution in [0.15, 0.2) is 40.6 Å². The fourth-order valence-electron chi connectivity index (χ4n) is 1.55. The number of halogens is 1. The number of benzene rings is 1. The summed E-state index contributed by atoms with van der Waals surface area (Å²) in [6.45, 7) is 1.32. The van der Waals surface area contributed by atoms with Crippen LogP contribution >= 0.6 is 11.3 Å². The largest absolute Gasteiger partial charge is 0.322 e. The van der Waals surface area contributed by atoms with E-state index >= 15 is 0 Å². The number of anilines is 1. The van der Waals surface area contributed by atoms with Gasteiger partial charge in [-0.15, -0.1) is 11.3 Å². The highest BCUT2D eigenvalue weighted by molar-refractivity contribution is 7.91. The monoisotopic (exact) mass is 328 g/mol. The second kappa shape index (κ2) is 6.33. The minimum absolute atomic E-state index is 0.00802. The Morgan fingerprint density at radius 2 is 1.95 bits per heavy atom. The molecule has 0 bridgehead atoms. The lowest BCUT2D eigenvalue weighted by atomic mass is 10.3. The highest BCUT2D eigenvalue weighted by Crippen LogP contribution is 2.20. The lowest BCUT2D eigenvalue weighted by molar-refractivity contribution is -0.115. The van der Waals surface area contributed by atoms with Gasteiger partial charge in [0.1, 0.15) is 10.0 Å². The third-order valence-corrected chi connectivity index (χ3v) is 5.45. The standard InChI is InChI=1S/C13H13FN2O3S2/c1-9-6-7-13(20-9)21(18,19)15-8-12(17)16-11-5-3-2-4-10(11)14/h2-7,15H,8H2,1H3,(H,16,17). The second-order valence-electron chi connectivity index (χ2n) is 4.22.